The van der Waals surface area contributed by atoms with Gasteiger partial charge in [-0.25, -0.2) is 0 Å². The van der Waals surface area contributed by atoms with Crippen molar-refractivity contribution in [1.29, 1.82) is 5.26 Å². The molecule has 0 saturated heterocycles. The summed E-state index contributed by atoms with van der Waals surface area (Å²) in [6.07, 6.45) is 1.70. The van der Waals surface area contributed by atoms with Crippen LogP contribution in [0.3, 0.4) is 0 Å². The summed E-state index contributed by atoms with van der Waals surface area (Å²) >= 11 is 0. The average molecular weight is 273 g/mol. The SMILES string of the molecule is N#Cc1ccc(NC(=O)c2cccc3ncccc23)cc1. The van der Waals surface area contributed by atoms with Crippen molar-refractivity contribution >= 4 is 22.5 Å². The van der Waals surface area contributed by atoms with E-state index in [2.05, 4.69) is 10.3 Å². The van der Waals surface area contributed by atoms with Crippen molar-refractivity contribution in [3.05, 3.63) is 71.9 Å². The van der Waals surface area contributed by atoms with E-state index in [0.29, 0.717) is 16.8 Å². The van der Waals surface area contributed by atoms with Crippen LogP contribution < -0.4 is 5.32 Å². The van der Waals surface area contributed by atoms with Crippen LogP contribution in [0.25, 0.3) is 10.9 Å². The molecule has 2 aromatic carbocycles. The second-order valence-electron chi connectivity index (χ2n) is 4.52. The Kier molecular flexibility index (Phi) is 3.32. The number of carbonyl (C=O) groups excluding carboxylic acids is 1. The molecule has 1 amide bonds. The normalized spacial score (nSPS) is 10.0. The van der Waals surface area contributed by atoms with Crippen LogP contribution in [-0.2, 0) is 0 Å². The standard InChI is InChI=1S/C17H11N3O/c18-11-12-6-8-13(9-7-12)20-17(21)15-3-1-5-16-14(15)4-2-10-19-16/h1-10H,(H,20,21). The van der Waals surface area contributed by atoms with Gasteiger partial charge in [0.1, 0.15) is 0 Å². The van der Waals surface area contributed by atoms with E-state index in [9.17, 15) is 4.79 Å². The van der Waals surface area contributed by atoms with Crippen LogP contribution in [0.5, 0.6) is 0 Å². The van der Waals surface area contributed by atoms with E-state index >= 15 is 0 Å². The van der Waals surface area contributed by atoms with Gasteiger partial charge in [0.15, 0.2) is 0 Å². The number of hydrogen-bond acceptors (Lipinski definition) is 3. The molecule has 0 atom stereocenters. The number of hydrogen-bond donors (Lipinski definition) is 1. The van der Waals surface area contributed by atoms with E-state index in [4.69, 9.17) is 5.26 Å². The quantitative estimate of drug-likeness (QED) is 0.778. The Hall–Kier alpha value is -3.19. The van der Waals surface area contributed by atoms with Crippen LogP contribution in [0.2, 0.25) is 0 Å². The molecule has 0 unspecified atom stereocenters. The zero-order chi connectivity index (χ0) is 14.7. The Balaban J connectivity index is 1.92. The summed E-state index contributed by atoms with van der Waals surface area (Å²) in [5.74, 6) is -0.196. The van der Waals surface area contributed by atoms with Crippen molar-refractivity contribution in [1.82, 2.24) is 4.98 Å². The molecule has 3 rings (SSSR count). The van der Waals surface area contributed by atoms with Gasteiger partial charge in [0.05, 0.1) is 17.1 Å². The number of amides is 1. The number of pyridine rings is 1. The van der Waals surface area contributed by atoms with Crippen LogP contribution in [-0.4, -0.2) is 10.9 Å². The van der Waals surface area contributed by atoms with Gasteiger partial charge in [0, 0.05) is 22.8 Å². The van der Waals surface area contributed by atoms with Gasteiger partial charge in [-0.15, -0.1) is 0 Å². The number of rotatable bonds is 2. The summed E-state index contributed by atoms with van der Waals surface area (Å²) in [5, 5.41) is 12.4. The Morgan fingerprint density at radius 3 is 2.62 bits per heavy atom. The van der Waals surface area contributed by atoms with E-state index in [-0.39, 0.29) is 5.91 Å². The van der Waals surface area contributed by atoms with Crippen molar-refractivity contribution in [2.75, 3.05) is 5.32 Å². The monoisotopic (exact) mass is 273 g/mol. The molecule has 0 radical (unpaired) electrons. The molecule has 3 aromatic rings. The maximum absolute atomic E-state index is 12.4. The minimum Gasteiger partial charge on any atom is -0.322 e. The number of aromatic nitrogens is 1. The third-order valence-corrected chi connectivity index (χ3v) is 3.16. The molecule has 0 spiro atoms. The fourth-order valence-electron chi connectivity index (χ4n) is 2.13. The Labute approximate surface area is 121 Å². The minimum atomic E-state index is -0.196. The van der Waals surface area contributed by atoms with Gasteiger partial charge in [-0.3, -0.25) is 9.78 Å². The maximum atomic E-state index is 12.4. The van der Waals surface area contributed by atoms with E-state index in [1.165, 1.54) is 0 Å². The molecule has 0 aliphatic rings. The number of carbonyl (C=O) groups is 1. The molecule has 0 fully saturated rings. The van der Waals surface area contributed by atoms with E-state index in [1.807, 2.05) is 24.3 Å². The van der Waals surface area contributed by atoms with Gasteiger partial charge in [-0.1, -0.05) is 12.1 Å². The summed E-state index contributed by atoms with van der Waals surface area (Å²) in [6.45, 7) is 0. The Morgan fingerprint density at radius 1 is 1.05 bits per heavy atom. The predicted molar refractivity (Wildman–Crippen MR) is 80.9 cm³/mol. The topological polar surface area (TPSA) is 65.8 Å². The fourth-order valence-corrected chi connectivity index (χ4v) is 2.13. The largest absolute Gasteiger partial charge is 0.322 e. The lowest BCUT2D eigenvalue weighted by Gasteiger charge is -2.07. The smallest absolute Gasteiger partial charge is 0.256 e. The summed E-state index contributed by atoms with van der Waals surface area (Å²) in [4.78, 5) is 16.6. The predicted octanol–water partition coefficient (Wildman–Crippen LogP) is 3.36. The second kappa shape index (κ2) is 5.43. The average Bonchev–Trinajstić information content (AvgIpc) is 2.55. The third kappa shape index (κ3) is 2.58. The molecule has 1 heterocycles. The summed E-state index contributed by atoms with van der Waals surface area (Å²) < 4.78 is 0. The first-order valence-electron chi connectivity index (χ1n) is 6.43. The first-order valence-corrected chi connectivity index (χ1v) is 6.43. The highest BCUT2D eigenvalue weighted by Crippen LogP contribution is 2.18. The van der Waals surface area contributed by atoms with Gasteiger partial charge < -0.3 is 5.32 Å². The molecular weight excluding hydrogens is 262 g/mol. The van der Waals surface area contributed by atoms with Crippen molar-refractivity contribution in [3.63, 3.8) is 0 Å². The van der Waals surface area contributed by atoms with Gasteiger partial charge in [-0.2, -0.15) is 5.26 Å². The number of anilines is 1. The zero-order valence-electron chi connectivity index (χ0n) is 11.1. The van der Waals surface area contributed by atoms with Crippen molar-refractivity contribution in [2.24, 2.45) is 0 Å². The van der Waals surface area contributed by atoms with E-state index < -0.39 is 0 Å². The highest BCUT2D eigenvalue weighted by molar-refractivity contribution is 6.12. The van der Waals surface area contributed by atoms with E-state index in [1.54, 1.807) is 42.6 Å². The molecule has 1 aromatic heterocycles. The van der Waals surface area contributed by atoms with Crippen molar-refractivity contribution in [3.8, 4) is 6.07 Å². The van der Waals surface area contributed by atoms with Crippen LogP contribution in [0.4, 0.5) is 5.69 Å². The van der Waals surface area contributed by atoms with Gasteiger partial charge in [0.25, 0.3) is 5.91 Å². The maximum Gasteiger partial charge on any atom is 0.256 e. The van der Waals surface area contributed by atoms with Crippen LogP contribution in [0, 0.1) is 11.3 Å². The first-order chi connectivity index (χ1) is 10.3. The minimum absolute atomic E-state index is 0.196. The molecule has 0 bridgehead atoms. The highest BCUT2D eigenvalue weighted by Gasteiger charge is 2.10. The van der Waals surface area contributed by atoms with Crippen molar-refractivity contribution < 1.29 is 4.79 Å². The molecule has 0 saturated carbocycles. The summed E-state index contributed by atoms with van der Waals surface area (Å²) in [5.41, 5.74) is 2.57. The number of nitrogens with one attached hydrogen (secondary N) is 1. The van der Waals surface area contributed by atoms with Gasteiger partial charge in [-0.05, 0) is 42.5 Å². The van der Waals surface area contributed by atoms with E-state index in [0.717, 1.165) is 10.9 Å². The van der Waals surface area contributed by atoms with Crippen LogP contribution in [0.15, 0.2) is 60.8 Å². The molecule has 4 heteroatoms. The lowest BCUT2D eigenvalue weighted by Crippen LogP contribution is -2.12. The molecule has 100 valence electrons. The third-order valence-electron chi connectivity index (χ3n) is 3.16. The fraction of sp³-hybridized carbons (Fsp3) is 0. The molecule has 21 heavy (non-hydrogen) atoms. The number of nitrogens with zero attached hydrogens (tertiary/aromatic N) is 2. The zero-order valence-corrected chi connectivity index (χ0v) is 11.1. The number of benzene rings is 2. The lowest BCUT2D eigenvalue weighted by atomic mass is 10.1. The molecule has 1 N–H and O–H groups in total. The molecule has 4 nitrogen and oxygen atoms in total. The Bertz CT molecular complexity index is 843. The van der Waals surface area contributed by atoms with Gasteiger partial charge >= 0.3 is 0 Å². The molecule has 0 aliphatic heterocycles. The highest BCUT2D eigenvalue weighted by atomic mass is 16.1. The Morgan fingerprint density at radius 2 is 1.86 bits per heavy atom. The van der Waals surface area contributed by atoms with Crippen LogP contribution in [0.1, 0.15) is 15.9 Å². The molecule has 0 aliphatic carbocycles. The van der Waals surface area contributed by atoms with Crippen molar-refractivity contribution in [2.45, 2.75) is 0 Å². The second-order valence-corrected chi connectivity index (χ2v) is 4.52. The summed E-state index contributed by atoms with van der Waals surface area (Å²) in [6, 6.07) is 17.9. The molecular formula is C17H11N3O. The first kappa shape index (κ1) is 12.8. The van der Waals surface area contributed by atoms with Gasteiger partial charge in [0.2, 0.25) is 0 Å². The lowest BCUT2D eigenvalue weighted by molar-refractivity contribution is 0.102. The number of nitriles is 1. The number of fused-ring (bicyclic) bond motifs is 1. The summed E-state index contributed by atoms with van der Waals surface area (Å²) in [7, 11) is 0. The van der Waals surface area contributed by atoms with Crippen LogP contribution >= 0.6 is 0 Å².